The maximum atomic E-state index is 12.6. The van der Waals surface area contributed by atoms with Crippen molar-refractivity contribution < 1.29 is 84.7 Å². The number of rotatable bonds is 4. The van der Waals surface area contributed by atoms with Gasteiger partial charge in [-0.25, -0.2) is 0 Å². The first-order chi connectivity index (χ1) is 31.7. The Morgan fingerprint density at radius 1 is 0.701 bits per heavy atom. The van der Waals surface area contributed by atoms with Gasteiger partial charge < -0.3 is 75.1 Å². The fourth-order valence-corrected chi connectivity index (χ4v) is 8.11. The summed E-state index contributed by atoms with van der Waals surface area (Å²) in [5.41, 5.74) is 9.06. The molecule has 376 valence electrons. The highest BCUT2D eigenvalue weighted by molar-refractivity contribution is 5.71. The molecule has 3 aliphatic heterocycles. The van der Waals surface area contributed by atoms with Gasteiger partial charge in [-0.3, -0.25) is 9.59 Å². The number of carboxylic acids is 1. The quantitative estimate of drug-likeness (QED) is 0.0831. The molecule has 19 atom stereocenters. The van der Waals surface area contributed by atoms with Gasteiger partial charge >= 0.3 is 11.9 Å². The molecule has 2 unspecified atom stereocenters. The molecule has 0 radical (unpaired) electrons. The predicted octanol–water partition coefficient (Wildman–Crippen LogP) is 2.06. The second-order valence-electron chi connectivity index (χ2n) is 17.7. The number of carbonyl (C=O) groups excluding carboxylic acids is 1. The lowest BCUT2D eigenvalue weighted by Crippen LogP contribution is -2.58. The third kappa shape index (κ3) is 19.1. The Morgan fingerprint density at radius 2 is 1.28 bits per heavy atom. The Morgan fingerprint density at radius 3 is 1.87 bits per heavy atom. The lowest BCUT2D eigenvalue weighted by Gasteiger charge is -2.45. The molecule has 3 rings (SSSR count). The van der Waals surface area contributed by atoms with Crippen molar-refractivity contribution in [3.8, 4) is 0 Å². The molecule has 0 aromatic heterocycles. The van der Waals surface area contributed by atoms with Crippen LogP contribution in [0.25, 0.3) is 10.4 Å². The first-order valence-corrected chi connectivity index (χ1v) is 22.6. The zero-order valence-corrected chi connectivity index (χ0v) is 38.3. The maximum absolute atomic E-state index is 12.6. The predicted molar refractivity (Wildman–Crippen MR) is 242 cm³/mol. The van der Waals surface area contributed by atoms with Crippen LogP contribution in [0.15, 0.2) is 90.2 Å². The molecule has 2 bridgehead atoms. The number of hydrogen-bond donors (Lipinski definition) is 11. The van der Waals surface area contributed by atoms with Crippen LogP contribution in [0.1, 0.15) is 79.1 Å². The van der Waals surface area contributed by atoms with Crippen molar-refractivity contribution in [1.82, 2.24) is 0 Å². The molecular weight excluding hydrogens is 879 g/mol. The van der Waals surface area contributed by atoms with Gasteiger partial charge in [0.2, 0.25) is 0 Å². The van der Waals surface area contributed by atoms with Crippen molar-refractivity contribution in [2.24, 2.45) is 22.9 Å². The number of aliphatic hydroxyl groups excluding tert-OH is 9. The average Bonchev–Trinajstić information content (AvgIpc) is 3.24. The van der Waals surface area contributed by atoms with Crippen molar-refractivity contribution in [1.29, 1.82) is 0 Å². The Balaban J connectivity index is 1.89. The van der Waals surface area contributed by atoms with E-state index in [1.54, 1.807) is 86.8 Å². The second kappa shape index (κ2) is 28.4. The van der Waals surface area contributed by atoms with Crippen molar-refractivity contribution in [2.45, 2.75) is 177 Å². The van der Waals surface area contributed by atoms with Crippen LogP contribution in [0.4, 0.5) is 0 Å². The summed E-state index contributed by atoms with van der Waals surface area (Å²) in [6.45, 7) is 6.65. The SMILES string of the molecule is C[C@@H]1[C@H](O)[C@@H](C)/C=C/C=C/C=C/C=C/C=C/C=C/C=C/[C@H](O[C@@H]2O[C@H](C)[C@@H](O)[C@H](N=[N+]=[N-])C2O)CC2O[C@](O)(C[C@@H](O)C[C@@H](O)[C@H](O)CC[C@@H](O)C[C@@H](O)CC(=O)O[C@H]1C)C[C@H](O)[C@H]2C(=O)O. The summed E-state index contributed by atoms with van der Waals surface area (Å²) in [4.78, 5) is 27.8. The van der Waals surface area contributed by atoms with E-state index in [1.807, 2.05) is 13.0 Å². The van der Waals surface area contributed by atoms with E-state index in [9.17, 15) is 65.8 Å². The molecule has 20 nitrogen and oxygen atoms in total. The molecule has 0 amide bonds. The number of allylic oxidation sites excluding steroid dienone is 12. The van der Waals surface area contributed by atoms with E-state index in [1.165, 1.54) is 13.0 Å². The molecular formula is C47H71N3O17. The molecule has 2 fully saturated rings. The van der Waals surface area contributed by atoms with Crippen LogP contribution in [0.5, 0.6) is 0 Å². The van der Waals surface area contributed by atoms with E-state index in [-0.39, 0.29) is 31.6 Å². The summed E-state index contributed by atoms with van der Waals surface area (Å²) in [7, 11) is 0. The summed E-state index contributed by atoms with van der Waals surface area (Å²) < 4.78 is 23.1. The van der Waals surface area contributed by atoms with Gasteiger partial charge in [-0.15, -0.1) is 0 Å². The Labute approximate surface area is 390 Å². The van der Waals surface area contributed by atoms with Gasteiger partial charge in [0.25, 0.3) is 0 Å². The molecule has 67 heavy (non-hydrogen) atoms. The fourth-order valence-electron chi connectivity index (χ4n) is 8.11. The van der Waals surface area contributed by atoms with Crippen molar-refractivity contribution in [2.75, 3.05) is 0 Å². The second-order valence-corrected chi connectivity index (χ2v) is 17.7. The first-order valence-electron chi connectivity index (χ1n) is 22.6. The molecule has 0 aromatic carbocycles. The monoisotopic (exact) mass is 949 g/mol. The summed E-state index contributed by atoms with van der Waals surface area (Å²) in [5, 5.41) is 122. The van der Waals surface area contributed by atoms with Crippen LogP contribution in [-0.2, 0) is 28.5 Å². The number of aliphatic carboxylic acids is 1. The van der Waals surface area contributed by atoms with E-state index in [4.69, 9.17) is 24.5 Å². The third-order valence-corrected chi connectivity index (χ3v) is 12.1. The number of fused-ring (bicyclic) bond motifs is 2. The molecule has 0 spiro atoms. The number of esters is 1. The number of hydrogen-bond acceptors (Lipinski definition) is 17. The average molecular weight is 950 g/mol. The lowest BCUT2D eigenvalue weighted by atomic mass is 9.82. The zero-order chi connectivity index (χ0) is 49.8. The standard InChI is InChI=1S/C47H71N3O17/c1-27-17-15-13-11-9-7-5-6-8-10-12-14-16-18-34(66-46-44(60)41(49-50-48)43(59)30(4)65-46)24-38-40(45(61)62)37(56)26-47(63,67-38)25-33(53)22-36(55)35(54)20-19-31(51)21-32(52)23-39(57)64-29(3)28(2)42(27)58/h5-18,27-38,40-44,46,51-56,58-60,63H,19-26H2,1-4H3,(H,61,62)/b6-5+,9-7+,10-8+,13-11+,14-12+,17-15+,18-16+/t27-,28-,29-,30+,31+,32+,33-,34-,35+,36+,37-,38?,40+,41-,42+,43+,44?,46-,47+/m0/s1. The highest BCUT2D eigenvalue weighted by atomic mass is 16.7. The summed E-state index contributed by atoms with van der Waals surface area (Å²) in [6.07, 6.45) is 2.10. The highest BCUT2D eigenvalue weighted by Crippen LogP contribution is 2.38. The number of azide groups is 1. The molecule has 0 aliphatic carbocycles. The lowest BCUT2D eigenvalue weighted by molar-refractivity contribution is -0.308. The van der Waals surface area contributed by atoms with Gasteiger partial charge in [-0.1, -0.05) is 104 Å². The number of carbonyl (C=O) groups is 2. The van der Waals surface area contributed by atoms with Crippen LogP contribution in [-0.4, -0.2) is 166 Å². The Bertz CT molecular complexity index is 1800. The molecule has 3 aliphatic rings. The van der Waals surface area contributed by atoms with E-state index in [2.05, 4.69) is 10.0 Å². The van der Waals surface area contributed by atoms with Crippen molar-refractivity contribution >= 4 is 11.9 Å². The van der Waals surface area contributed by atoms with Gasteiger partial charge in [0.05, 0.1) is 79.6 Å². The molecule has 0 saturated carbocycles. The number of cyclic esters (lactones) is 1. The number of carboxylic acid groups (broad SMARTS) is 1. The first kappa shape index (κ1) is 57.2. The summed E-state index contributed by atoms with van der Waals surface area (Å²) >= 11 is 0. The van der Waals surface area contributed by atoms with Crippen LogP contribution in [0.2, 0.25) is 0 Å². The Kier molecular flexibility index (Phi) is 24.3. The van der Waals surface area contributed by atoms with Crippen LogP contribution >= 0.6 is 0 Å². The molecule has 3 heterocycles. The van der Waals surface area contributed by atoms with Crippen molar-refractivity contribution in [3.63, 3.8) is 0 Å². The van der Waals surface area contributed by atoms with Crippen molar-refractivity contribution in [3.05, 3.63) is 95.5 Å². The maximum Gasteiger partial charge on any atom is 0.311 e. The van der Waals surface area contributed by atoms with Gasteiger partial charge in [-0.2, -0.15) is 0 Å². The summed E-state index contributed by atoms with van der Waals surface area (Å²) in [5.74, 6) is -6.97. The van der Waals surface area contributed by atoms with Gasteiger partial charge in [0.1, 0.15) is 18.1 Å². The molecule has 0 aromatic rings. The molecule has 11 N–H and O–H groups in total. The minimum absolute atomic E-state index is 0.121. The van der Waals surface area contributed by atoms with Crippen LogP contribution in [0, 0.1) is 17.8 Å². The largest absolute Gasteiger partial charge is 0.481 e. The van der Waals surface area contributed by atoms with E-state index < -0.39 is 147 Å². The minimum Gasteiger partial charge on any atom is -0.481 e. The topological polar surface area (TPSA) is 342 Å². The molecule has 20 heteroatoms. The van der Waals surface area contributed by atoms with Gasteiger partial charge in [-0.05, 0) is 38.6 Å². The third-order valence-electron chi connectivity index (χ3n) is 12.1. The normalized spacial score (nSPS) is 44.3. The van der Waals surface area contributed by atoms with Gasteiger partial charge in [0.15, 0.2) is 12.1 Å². The minimum atomic E-state index is -2.36. The highest BCUT2D eigenvalue weighted by Gasteiger charge is 2.51. The van der Waals surface area contributed by atoms with Gasteiger partial charge in [0, 0.05) is 42.4 Å². The number of nitrogens with zero attached hydrogens (tertiary/aromatic N) is 3. The van der Waals surface area contributed by atoms with E-state index >= 15 is 0 Å². The number of aliphatic hydroxyl groups is 10. The number of ether oxygens (including phenoxy) is 4. The van der Waals surface area contributed by atoms with E-state index in [0.29, 0.717) is 0 Å². The Hall–Kier alpha value is -4.09. The molecule has 2 saturated heterocycles. The fraction of sp³-hybridized carbons (Fsp3) is 0.660. The smallest absolute Gasteiger partial charge is 0.311 e. The summed E-state index contributed by atoms with van der Waals surface area (Å²) in [6, 6.07) is -1.38. The van der Waals surface area contributed by atoms with Crippen LogP contribution in [0.3, 0.4) is 0 Å². The van der Waals surface area contributed by atoms with E-state index in [0.717, 1.165) is 0 Å². The van der Waals surface area contributed by atoms with Crippen LogP contribution < -0.4 is 0 Å². The zero-order valence-electron chi connectivity index (χ0n) is 38.3.